The van der Waals surface area contributed by atoms with Gasteiger partial charge in [-0.15, -0.1) is 0 Å². The van der Waals surface area contributed by atoms with E-state index in [1.807, 2.05) is 0 Å². The number of fused-ring (bicyclic) bond motifs is 1. The molecule has 0 spiro atoms. The second kappa shape index (κ2) is 4.24. The molecular formula is C11H12F3NO2S. The third-order valence-corrected chi connectivity index (χ3v) is 4.06. The van der Waals surface area contributed by atoms with Crippen molar-refractivity contribution in [2.75, 3.05) is 12.8 Å². The summed E-state index contributed by atoms with van der Waals surface area (Å²) in [5, 5.41) is 2.94. The molecule has 0 saturated heterocycles. The zero-order valence-corrected chi connectivity index (χ0v) is 10.5. The Morgan fingerprint density at radius 1 is 1.28 bits per heavy atom. The predicted octanol–water partition coefficient (Wildman–Crippen LogP) is 1.75. The number of hydrogen-bond donors (Lipinski definition) is 1. The van der Waals surface area contributed by atoms with Gasteiger partial charge < -0.3 is 5.32 Å². The Balaban J connectivity index is 2.71. The van der Waals surface area contributed by atoms with Crippen LogP contribution in [-0.2, 0) is 29.0 Å². The van der Waals surface area contributed by atoms with Crippen LogP contribution in [0, 0.1) is 0 Å². The largest absolute Gasteiger partial charge is 0.416 e. The maximum absolute atomic E-state index is 12.7. The molecule has 1 aliphatic rings. The first-order chi connectivity index (χ1) is 8.19. The molecule has 7 heteroatoms. The van der Waals surface area contributed by atoms with E-state index in [1.165, 1.54) is 0 Å². The highest BCUT2D eigenvalue weighted by atomic mass is 32.2. The molecule has 0 aliphatic carbocycles. The number of alkyl halides is 3. The Hall–Kier alpha value is -1.08. The number of hydrogen-bond acceptors (Lipinski definition) is 3. The molecule has 1 aromatic carbocycles. The molecule has 0 atom stereocenters. The van der Waals surface area contributed by atoms with Gasteiger partial charge in [-0.2, -0.15) is 13.2 Å². The summed E-state index contributed by atoms with van der Waals surface area (Å²) < 4.78 is 61.3. The number of sulfone groups is 1. The second-order valence-electron chi connectivity index (χ2n) is 4.31. The molecule has 1 aromatic rings. The highest BCUT2D eigenvalue weighted by Gasteiger charge is 2.33. The number of rotatable bonds is 1. The van der Waals surface area contributed by atoms with Crippen molar-refractivity contribution in [1.82, 2.24) is 5.32 Å². The van der Waals surface area contributed by atoms with Crippen LogP contribution in [0.4, 0.5) is 13.2 Å². The zero-order chi connectivity index (χ0) is 13.6. The van der Waals surface area contributed by atoms with Crippen LogP contribution in [0.2, 0.25) is 0 Å². The van der Waals surface area contributed by atoms with Crippen LogP contribution in [0.5, 0.6) is 0 Å². The van der Waals surface area contributed by atoms with Crippen LogP contribution >= 0.6 is 0 Å². The lowest BCUT2D eigenvalue weighted by molar-refractivity contribution is -0.137. The lowest BCUT2D eigenvalue weighted by Crippen LogP contribution is -2.26. The summed E-state index contributed by atoms with van der Waals surface area (Å²) in [6, 6.07) is 1.76. The average Bonchev–Trinajstić information content (AvgIpc) is 2.25. The monoisotopic (exact) mass is 279 g/mol. The molecule has 1 N–H and O–H groups in total. The van der Waals surface area contributed by atoms with Crippen LogP contribution in [0.25, 0.3) is 0 Å². The summed E-state index contributed by atoms with van der Waals surface area (Å²) in [6.45, 7) is 0.836. The summed E-state index contributed by atoms with van der Waals surface area (Å²) in [6.07, 6.45) is -3.17. The molecule has 100 valence electrons. The van der Waals surface area contributed by atoms with Crippen LogP contribution in [-0.4, -0.2) is 21.2 Å². The Bertz CT molecular complexity index is 579. The maximum Gasteiger partial charge on any atom is 0.416 e. The van der Waals surface area contributed by atoms with Crippen molar-refractivity contribution in [2.45, 2.75) is 24.0 Å². The van der Waals surface area contributed by atoms with Crippen molar-refractivity contribution in [3.05, 3.63) is 28.8 Å². The van der Waals surface area contributed by atoms with E-state index in [0.717, 1.165) is 18.4 Å². The second-order valence-corrected chi connectivity index (χ2v) is 6.29. The predicted molar refractivity (Wildman–Crippen MR) is 60.0 cm³/mol. The molecule has 0 bridgehead atoms. The molecule has 18 heavy (non-hydrogen) atoms. The van der Waals surface area contributed by atoms with E-state index in [-0.39, 0.29) is 11.4 Å². The van der Waals surface area contributed by atoms with E-state index >= 15 is 0 Å². The van der Waals surface area contributed by atoms with Crippen LogP contribution in [0.15, 0.2) is 17.0 Å². The van der Waals surface area contributed by atoms with Gasteiger partial charge in [-0.25, -0.2) is 8.42 Å². The smallest absolute Gasteiger partial charge is 0.312 e. The number of benzene rings is 1. The maximum atomic E-state index is 12.7. The van der Waals surface area contributed by atoms with Gasteiger partial charge in [0.05, 0.1) is 10.5 Å². The Labute approximate surface area is 103 Å². The summed E-state index contributed by atoms with van der Waals surface area (Å²) in [7, 11) is -3.65. The van der Waals surface area contributed by atoms with E-state index in [0.29, 0.717) is 24.1 Å². The first-order valence-electron chi connectivity index (χ1n) is 5.33. The van der Waals surface area contributed by atoms with E-state index in [4.69, 9.17) is 0 Å². The average molecular weight is 279 g/mol. The number of halogens is 3. The van der Waals surface area contributed by atoms with E-state index in [1.54, 1.807) is 0 Å². The SMILES string of the molecule is CS(=O)(=O)c1cc(C(F)(F)F)cc2c1CCNC2. The van der Waals surface area contributed by atoms with Crippen molar-refractivity contribution in [1.29, 1.82) is 0 Å². The van der Waals surface area contributed by atoms with Gasteiger partial charge in [-0.1, -0.05) is 0 Å². The third-order valence-electron chi connectivity index (χ3n) is 2.90. The first kappa shape index (κ1) is 13.4. The minimum atomic E-state index is -4.54. The minimum Gasteiger partial charge on any atom is -0.312 e. The van der Waals surface area contributed by atoms with Gasteiger partial charge in [0, 0.05) is 12.8 Å². The zero-order valence-electron chi connectivity index (χ0n) is 9.63. The van der Waals surface area contributed by atoms with Gasteiger partial charge in [0.25, 0.3) is 0 Å². The quantitative estimate of drug-likeness (QED) is 0.852. The highest BCUT2D eigenvalue weighted by Crippen LogP contribution is 2.34. The molecule has 3 nitrogen and oxygen atoms in total. The lowest BCUT2D eigenvalue weighted by atomic mass is 9.98. The first-order valence-corrected chi connectivity index (χ1v) is 7.22. The summed E-state index contributed by atoms with van der Waals surface area (Å²) in [4.78, 5) is -0.200. The van der Waals surface area contributed by atoms with Crippen LogP contribution < -0.4 is 5.32 Å². The normalized spacial score (nSPS) is 16.4. The minimum absolute atomic E-state index is 0.200. The standard InChI is InChI=1S/C11H12F3NO2S/c1-18(16,17)10-5-8(11(12,13)14)4-7-6-15-3-2-9(7)10/h4-5,15H,2-3,6H2,1H3. The number of nitrogens with one attached hydrogen (secondary N) is 1. The summed E-state index contributed by atoms with van der Waals surface area (Å²) in [5.41, 5.74) is 0.00567. The molecule has 0 aromatic heterocycles. The fraction of sp³-hybridized carbons (Fsp3) is 0.455. The lowest BCUT2D eigenvalue weighted by Gasteiger charge is -2.21. The van der Waals surface area contributed by atoms with Crippen molar-refractivity contribution in [3.8, 4) is 0 Å². The Morgan fingerprint density at radius 2 is 1.94 bits per heavy atom. The molecule has 0 radical (unpaired) electrons. The molecule has 0 unspecified atom stereocenters. The molecule has 1 heterocycles. The van der Waals surface area contributed by atoms with Gasteiger partial charge in [-0.05, 0) is 36.2 Å². The fourth-order valence-electron chi connectivity index (χ4n) is 2.08. The van der Waals surface area contributed by atoms with Crippen LogP contribution in [0.3, 0.4) is 0 Å². The van der Waals surface area contributed by atoms with E-state index < -0.39 is 21.6 Å². The molecule has 2 rings (SSSR count). The molecule has 0 fully saturated rings. The fourth-order valence-corrected chi connectivity index (χ4v) is 3.10. The summed E-state index contributed by atoms with van der Waals surface area (Å²) >= 11 is 0. The van der Waals surface area contributed by atoms with Gasteiger partial charge in [-0.3, -0.25) is 0 Å². The van der Waals surface area contributed by atoms with E-state index in [2.05, 4.69) is 5.32 Å². The van der Waals surface area contributed by atoms with E-state index in [9.17, 15) is 21.6 Å². The topological polar surface area (TPSA) is 46.2 Å². The molecule has 0 saturated carbocycles. The van der Waals surface area contributed by atoms with Gasteiger partial charge in [0.15, 0.2) is 9.84 Å². The van der Waals surface area contributed by atoms with Crippen molar-refractivity contribution >= 4 is 9.84 Å². The summed E-state index contributed by atoms with van der Waals surface area (Å²) in [5.74, 6) is 0. The molecule has 0 amide bonds. The highest BCUT2D eigenvalue weighted by molar-refractivity contribution is 7.90. The van der Waals surface area contributed by atoms with Crippen LogP contribution in [0.1, 0.15) is 16.7 Å². The molecule has 1 aliphatic heterocycles. The van der Waals surface area contributed by atoms with Gasteiger partial charge in [0.2, 0.25) is 0 Å². The van der Waals surface area contributed by atoms with Gasteiger partial charge in [0.1, 0.15) is 0 Å². The van der Waals surface area contributed by atoms with Gasteiger partial charge >= 0.3 is 6.18 Å². The van der Waals surface area contributed by atoms with Crippen molar-refractivity contribution < 1.29 is 21.6 Å². The third kappa shape index (κ3) is 2.51. The van der Waals surface area contributed by atoms with Crippen molar-refractivity contribution in [3.63, 3.8) is 0 Å². The molecular weight excluding hydrogens is 267 g/mol. The Kier molecular flexibility index (Phi) is 3.14. The van der Waals surface area contributed by atoms with Crippen molar-refractivity contribution in [2.24, 2.45) is 0 Å². The Morgan fingerprint density at radius 3 is 2.50 bits per heavy atom.